The molecule has 1 unspecified atom stereocenters. The van der Waals surface area contributed by atoms with Gasteiger partial charge in [0, 0.05) is 12.0 Å². The summed E-state index contributed by atoms with van der Waals surface area (Å²) in [4.78, 5) is 0. The summed E-state index contributed by atoms with van der Waals surface area (Å²) in [5, 5.41) is 10.4. The van der Waals surface area contributed by atoms with E-state index in [1.54, 1.807) is 6.07 Å². The van der Waals surface area contributed by atoms with Crippen molar-refractivity contribution in [3.8, 4) is 5.75 Å². The van der Waals surface area contributed by atoms with E-state index in [-0.39, 0.29) is 5.02 Å². The number of halogens is 2. The normalized spacial score (nSPS) is 12.2. The number of ether oxygens (including phenoxy) is 1. The largest absolute Gasteiger partial charge is 0.493 e. The van der Waals surface area contributed by atoms with Crippen LogP contribution in [0.15, 0.2) is 42.5 Å². The van der Waals surface area contributed by atoms with Crippen LogP contribution in [0.5, 0.6) is 5.75 Å². The van der Waals surface area contributed by atoms with E-state index in [9.17, 15) is 9.50 Å². The molecule has 0 aliphatic heterocycles. The van der Waals surface area contributed by atoms with Gasteiger partial charge in [-0.3, -0.25) is 0 Å². The van der Waals surface area contributed by atoms with Crippen LogP contribution in [0.1, 0.15) is 24.2 Å². The average Bonchev–Trinajstić information content (AvgIpc) is 2.44. The molecule has 0 fully saturated rings. The smallest absolute Gasteiger partial charge is 0.141 e. The molecule has 0 bridgehead atoms. The van der Waals surface area contributed by atoms with Gasteiger partial charge in [-0.2, -0.15) is 0 Å². The Morgan fingerprint density at radius 2 is 2.00 bits per heavy atom. The lowest BCUT2D eigenvalue weighted by atomic mass is 10.0. The first-order valence-corrected chi connectivity index (χ1v) is 6.83. The number of benzene rings is 2. The summed E-state index contributed by atoms with van der Waals surface area (Å²) in [6.07, 6.45) is -0.372. The summed E-state index contributed by atoms with van der Waals surface area (Å²) in [6, 6.07) is 11.8. The van der Waals surface area contributed by atoms with Gasteiger partial charge in [-0.1, -0.05) is 35.9 Å². The lowest BCUT2D eigenvalue weighted by Gasteiger charge is -2.15. The van der Waals surface area contributed by atoms with Crippen molar-refractivity contribution in [2.24, 2.45) is 0 Å². The van der Waals surface area contributed by atoms with Gasteiger partial charge in [0.2, 0.25) is 0 Å². The van der Waals surface area contributed by atoms with Crippen LogP contribution in [0.4, 0.5) is 4.39 Å². The van der Waals surface area contributed by atoms with Gasteiger partial charge in [0.15, 0.2) is 0 Å². The number of hydrogen-bond acceptors (Lipinski definition) is 2. The Hall–Kier alpha value is -1.58. The third-order valence-corrected chi connectivity index (χ3v) is 3.28. The van der Waals surface area contributed by atoms with Crippen molar-refractivity contribution in [3.05, 3.63) is 64.4 Å². The standard InChI is InChI=1S/C16H16ClFO2/c1-2-20-16-6-4-3-5-12(16)15(19)10-11-7-8-14(18)13(17)9-11/h3-9,15,19H,2,10H2,1H3. The molecule has 0 amide bonds. The van der Waals surface area contributed by atoms with E-state index in [1.807, 2.05) is 31.2 Å². The average molecular weight is 295 g/mol. The second kappa shape index (κ2) is 6.73. The molecule has 4 heteroatoms. The summed E-state index contributed by atoms with van der Waals surface area (Å²) >= 11 is 5.74. The lowest BCUT2D eigenvalue weighted by molar-refractivity contribution is 0.172. The minimum absolute atomic E-state index is 0.0628. The fourth-order valence-corrected chi connectivity index (χ4v) is 2.25. The molecule has 106 valence electrons. The van der Waals surface area contributed by atoms with Crippen LogP contribution in [0, 0.1) is 5.82 Å². The zero-order valence-corrected chi connectivity index (χ0v) is 11.9. The number of para-hydroxylation sites is 1. The molecule has 0 saturated carbocycles. The second-order valence-electron chi connectivity index (χ2n) is 4.44. The van der Waals surface area contributed by atoms with Crippen molar-refractivity contribution in [2.45, 2.75) is 19.4 Å². The number of hydrogen-bond donors (Lipinski definition) is 1. The predicted molar refractivity (Wildman–Crippen MR) is 77.7 cm³/mol. The second-order valence-corrected chi connectivity index (χ2v) is 4.85. The Labute approximate surface area is 122 Å². The zero-order valence-electron chi connectivity index (χ0n) is 11.1. The number of aliphatic hydroxyl groups is 1. The van der Waals surface area contributed by atoms with Crippen molar-refractivity contribution < 1.29 is 14.2 Å². The topological polar surface area (TPSA) is 29.5 Å². The molecule has 0 aromatic heterocycles. The fraction of sp³-hybridized carbons (Fsp3) is 0.250. The summed E-state index contributed by atoms with van der Waals surface area (Å²) in [5.74, 6) is 0.204. The molecule has 2 nitrogen and oxygen atoms in total. The van der Waals surface area contributed by atoms with Crippen LogP contribution >= 0.6 is 11.6 Å². The van der Waals surface area contributed by atoms with E-state index < -0.39 is 11.9 Å². The Balaban J connectivity index is 2.19. The van der Waals surface area contributed by atoms with Gasteiger partial charge >= 0.3 is 0 Å². The molecular weight excluding hydrogens is 279 g/mol. The van der Waals surface area contributed by atoms with E-state index in [0.717, 1.165) is 11.1 Å². The summed E-state index contributed by atoms with van der Waals surface area (Å²) in [7, 11) is 0. The molecular formula is C16H16ClFO2. The van der Waals surface area contributed by atoms with Gasteiger partial charge in [-0.25, -0.2) is 4.39 Å². The summed E-state index contributed by atoms with van der Waals surface area (Å²) in [5.41, 5.74) is 1.49. The van der Waals surface area contributed by atoms with Crippen molar-refractivity contribution in [2.75, 3.05) is 6.61 Å². The van der Waals surface area contributed by atoms with Gasteiger partial charge in [-0.15, -0.1) is 0 Å². The van der Waals surface area contributed by atoms with E-state index in [1.165, 1.54) is 12.1 Å². The summed E-state index contributed by atoms with van der Waals surface area (Å²) in [6.45, 7) is 2.43. The Morgan fingerprint density at radius 3 is 2.70 bits per heavy atom. The Bertz CT molecular complexity index is 586. The number of rotatable bonds is 5. The van der Waals surface area contributed by atoms with Gasteiger partial charge in [0.05, 0.1) is 17.7 Å². The highest BCUT2D eigenvalue weighted by molar-refractivity contribution is 6.30. The van der Waals surface area contributed by atoms with Gasteiger partial charge < -0.3 is 9.84 Å². The van der Waals surface area contributed by atoms with Crippen LogP contribution < -0.4 is 4.74 Å². The maximum absolute atomic E-state index is 13.1. The molecule has 0 saturated heterocycles. The van der Waals surface area contributed by atoms with Crippen LogP contribution in [-0.2, 0) is 6.42 Å². The molecule has 1 N–H and O–H groups in total. The molecule has 20 heavy (non-hydrogen) atoms. The molecule has 0 aliphatic carbocycles. The molecule has 2 rings (SSSR count). The molecule has 0 aliphatic rings. The zero-order chi connectivity index (χ0) is 14.5. The van der Waals surface area contributed by atoms with E-state index >= 15 is 0 Å². The van der Waals surface area contributed by atoms with Crippen molar-refractivity contribution in [1.82, 2.24) is 0 Å². The maximum Gasteiger partial charge on any atom is 0.141 e. The monoisotopic (exact) mass is 294 g/mol. The highest BCUT2D eigenvalue weighted by Gasteiger charge is 2.14. The quantitative estimate of drug-likeness (QED) is 0.897. The van der Waals surface area contributed by atoms with Gasteiger partial charge in [-0.05, 0) is 30.7 Å². The predicted octanol–water partition coefficient (Wildman–Crippen LogP) is 4.15. The van der Waals surface area contributed by atoms with Crippen molar-refractivity contribution in [3.63, 3.8) is 0 Å². The summed E-state index contributed by atoms with van der Waals surface area (Å²) < 4.78 is 18.6. The minimum atomic E-state index is -0.723. The van der Waals surface area contributed by atoms with Crippen LogP contribution in [0.25, 0.3) is 0 Å². The molecule has 0 radical (unpaired) electrons. The first kappa shape index (κ1) is 14.8. The maximum atomic E-state index is 13.1. The Morgan fingerprint density at radius 1 is 1.25 bits per heavy atom. The minimum Gasteiger partial charge on any atom is -0.493 e. The SMILES string of the molecule is CCOc1ccccc1C(O)Cc1ccc(F)c(Cl)c1. The van der Waals surface area contributed by atoms with E-state index in [0.29, 0.717) is 18.8 Å². The number of aliphatic hydroxyl groups excluding tert-OH is 1. The molecule has 0 heterocycles. The van der Waals surface area contributed by atoms with Crippen LogP contribution in [-0.4, -0.2) is 11.7 Å². The van der Waals surface area contributed by atoms with Crippen LogP contribution in [0.3, 0.4) is 0 Å². The Kier molecular flexibility index (Phi) is 4.99. The van der Waals surface area contributed by atoms with Crippen molar-refractivity contribution >= 4 is 11.6 Å². The molecule has 1 atom stereocenters. The van der Waals surface area contributed by atoms with Crippen molar-refractivity contribution in [1.29, 1.82) is 0 Å². The van der Waals surface area contributed by atoms with E-state index in [4.69, 9.17) is 16.3 Å². The highest BCUT2D eigenvalue weighted by atomic mass is 35.5. The third-order valence-electron chi connectivity index (χ3n) is 2.99. The van der Waals surface area contributed by atoms with Gasteiger partial charge in [0.1, 0.15) is 11.6 Å². The molecule has 2 aromatic carbocycles. The molecule has 2 aromatic rings. The first-order chi connectivity index (χ1) is 9.61. The van der Waals surface area contributed by atoms with Gasteiger partial charge in [0.25, 0.3) is 0 Å². The van der Waals surface area contributed by atoms with E-state index in [2.05, 4.69) is 0 Å². The molecule has 0 spiro atoms. The lowest BCUT2D eigenvalue weighted by Crippen LogP contribution is -2.05. The third kappa shape index (κ3) is 3.50. The van der Waals surface area contributed by atoms with Crippen LogP contribution in [0.2, 0.25) is 5.02 Å². The highest BCUT2D eigenvalue weighted by Crippen LogP contribution is 2.28. The fourth-order valence-electron chi connectivity index (χ4n) is 2.04. The first-order valence-electron chi connectivity index (χ1n) is 6.45.